The van der Waals surface area contributed by atoms with E-state index in [9.17, 15) is 9.59 Å². The number of para-hydroxylation sites is 1. The minimum absolute atomic E-state index is 0.0215. The molecule has 40 heavy (non-hydrogen) atoms. The number of anilines is 1. The van der Waals surface area contributed by atoms with E-state index in [1.54, 1.807) is 0 Å². The summed E-state index contributed by atoms with van der Waals surface area (Å²) in [5.74, 6) is 0.0215. The summed E-state index contributed by atoms with van der Waals surface area (Å²) in [5, 5.41) is 5.28. The average molecular weight is 535 g/mol. The first-order valence-electron chi connectivity index (χ1n) is 14.2. The third kappa shape index (κ3) is 4.07. The molecule has 1 spiro atoms. The third-order valence-electron chi connectivity index (χ3n) is 9.28. The van der Waals surface area contributed by atoms with Crippen LogP contribution in [0, 0.1) is 5.41 Å². The van der Waals surface area contributed by atoms with E-state index >= 15 is 0 Å². The fraction of sp³-hybridized carbons (Fsp3) is 0.333. The molecule has 1 N–H and O–H groups in total. The topological polar surface area (TPSA) is 66.8 Å². The van der Waals surface area contributed by atoms with Crippen LogP contribution < -0.4 is 5.32 Å². The number of rotatable bonds is 2. The summed E-state index contributed by atoms with van der Waals surface area (Å²) in [5.41, 5.74) is 2.81. The summed E-state index contributed by atoms with van der Waals surface area (Å²) in [4.78, 5) is 31.2. The summed E-state index contributed by atoms with van der Waals surface area (Å²) in [7, 11) is 0. The normalized spacial score (nSPS) is 21.6. The maximum absolute atomic E-state index is 14.1. The van der Waals surface area contributed by atoms with Crippen LogP contribution in [0.15, 0.2) is 85.1 Å². The van der Waals surface area contributed by atoms with Gasteiger partial charge in [0.15, 0.2) is 5.60 Å². The van der Waals surface area contributed by atoms with Gasteiger partial charge >= 0.3 is 6.03 Å². The predicted molar refractivity (Wildman–Crippen MR) is 155 cm³/mol. The number of aromatic nitrogens is 1. The summed E-state index contributed by atoms with van der Waals surface area (Å²) in [6.07, 6.45) is 4.74. The van der Waals surface area contributed by atoms with Crippen molar-refractivity contribution in [2.45, 2.75) is 38.4 Å². The van der Waals surface area contributed by atoms with E-state index in [2.05, 4.69) is 34.1 Å². The minimum Gasteiger partial charge on any atom is -0.354 e. The number of hydrogen-bond acceptors (Lipinski definition) is 3. The number of benzene rings is 3. The Morgan fingerprint density at radius 1 is 0.825 bits per heavy atom. The molecule has 7 rings (SSSR count). The van der Waals surface area contributed by atoms with Crippen molar-refractivity contribution in [3.63, 3.8) is 0 Å². The number of ether oxygens (including phenoxy) is 1. The molecule has 1 aromatic heterocycles. The molecular weight excluding hydrogens is 500 g/mol. The van der Waals surface area contributed by atoms with Crippen molar-refractivity contribution in [3.8, 4) is 5.69 Å². The standard InChI is InChI=1S/C33H34N4O3/c1-32(29-14-7-18-37(29)28-13-5-3-9-25(28)22-40-32)30(38)36-21-17-33(23-36)15-19-35(20-16-33)31(39)34-27-12-6-10-24-8-2-4-11-26(24)27/h2-14,18H,15-17,19-23H2,1H3,(H,34,39). The summed E-state index contributed by atoms with van der Waals surface area (Å²) in [6, 6.07) is 26.2. The lowest BCUT2D eigenvalue weighted by molar-refractivity contribution is -0.159. The van der Waals surface area contributed by atoms with Crippen LogP contribution in [0.3, 0.4) is 0 Å². The van der Waals surface area contributed by atoms with E-state index < -0.39 is 5.60 Å². The van der Waals surface area contributed by atoms with E-state index in [1.807, 2.05) is 77.5 Å². The first-order chi connectivity index (χ1) is 19.5. The number of hydrogen-bond donors (Lipinski definition) is 1. The van der Waals surface area contributed by atoms with Crippen molar-refractivity contribution in [1.82, 2.24) is 14.4 Å². The number of amides is 3. The molecule has 0 saturated carbocycles. The first kappa shape index (κ1) is 24.9. The van der Waals surface area contributed by atoms with Gasteiger partial charge in [0.2, 0.25) is 0 Å². The summed E-state index contributed by atoms with van der Waals surface area (Å²) < 4.78 is 8.51. The van der Waals surface area contributed by atoms with Crippen LogP contribution in [0.1, 0.15) is 37.4 Å². The van der Waals surface area contributed by atoms with Crippen molar-refractivity contribution in [2.24, 2.45) is 5.41 Å². The zero-order chi connectivity index (χ0) is 27.3. The van der Waals surface area contributed by atoms with Crippen LogP contribution in [0.25, 0.3) is 16.5 Å². The molecule has 3 amide bonds. The largest absolute Gasteiger partial charge is 0.354 e. The van der Waals surface area contributed by atoms with Gasteiger partial charge in [-0.3, -0.25) is 4.79 Å². The van der Waals surface area contributed by atoms with Gasteiger partial charge in [0, 0.05) is 43.3 Å². The number of nitrogens with zero attached hydrogens (tertiary/aromatic N) is 3. The van der Waals surface area contributed by atoms with E-state index in [1.165, 1.54) is 0 Å². The van der Waals surface area contributed by atoms with E-state index in [-0.39, 0.29) is 17.4 Å². The molecule has 0 radical (unpaired) electrons. The highest BCUT2D eigenvalue weighted by atomic mass is 16.5. The van der Waals surface area contributed by atoms with Gasteiger partial charge in [-0.25, -0.2) is 4.79 Å². The molecule has 7 heteroatoms. The van der Waals surface area contributed by atoms with Crippen LogP contribution in [0.4, 0.5) is 10.5 Å². The second-order valence-corrected chi connectivity index (χ2v) is 11.6. The molecule has 0 aliphatic carbocycles. The Hall–Kier alpha value is -4.10. The molecule has 4 heterocycles. The Balaban J connectivity index is 1.03. The molecule has 2 fully saturated rings. The zero-order valence-electron chi connectivity index (χ0n) is 22.8. The molecule has 3 aliphatic heterocycles. The van der Waals surface area contributed by atoms with Gasteiger partial charge in [0.05, 0.1) is 23.7 Å². The van der Waals surface area contributed by atoms with Crippen molar-refractivity contribution >= 4 is 28.4 Å². The summed E-state index contributed by atoms with van der Waals surface area (Å²) in [6.45, 7) is 5.10. The molecule has 3 aromatic carbocycles. The maximum atomic E-state index is 14.1. The minimum atomic E-state index is -1.06. The Morgan fingerprint density at radius 2 is 1.55 bits per heavy atom. The number of carbonyl (C=O) groups is 2. The Kier molecular flexibility index (Phi) is 5.93. The number of fused-ring (bicyclic) bond motifs is 4. The van der Waals surface area contributed by atoms with Crippen LogP contribution in [-0.4, -0.2) is 52.5 Å². The van der Waals surface area contributed by atoms with Crippen LogP contribution in [-0.2, 0) is 21.7 Å². The van der Waals surface area contributed by atoms with Crippen LogP contribution >= 0.6 is 0 Å². The van der Waals surface area contributed by atoms with Gasteiger partial charge in [0.1, 0.15) is 0 Å². The summed E-state index contributed by atoms with van der Waals surface area (Å²) >= 11 is 0. The SMILES string of the molecule is CC1(C(=O)N2CCC3(CCN(C(=O)Nc4cccc5ccccc45)CC3)C2)OCc2ccccc2-n2cccc21. The van der Waals surface area contributed by atoms with Crippen molar-refractivity contribution in [2.75, 3.05) is 31.5 Å². The van der Waals surface area contributed by atoms with Crippen LogP contribution in [0.2, 0.25) is 0 Å². The molecule has 204 valence electrons. The van der Waals surface area contributed by atoms with Gasteiger partial charge < -0.3 is 24.4 Å². The lowest BCUT2D eigenvalue weighted by Crippen LogP contribution is -2.49. The number of carbonyl (C=O) groups excluding carboxylic acids is 2. The lowest BCUT2D eigenvalue weighted by atomic mass is 9.78. The lowest BCUT2D eigenvalue weighted by Gasteiger charge is -2.40. The molecule has 2 saturated heterocycles. The van der Waals surface area contributed by atoms with E-state index in [0.717, 1.165) is 52.7 Å². The molecule has 1 atom stereocenters. The van der Waals surface area contributed by atoms with E-state index in [4.69, 9.17) is 4.74 Å². The van der Waals surface area contributed by atoms with Gasteiger partial charge in [-0.05, 0) is 61.3 Å². The third-order valence-corrected chi connectivity index (χ3v) is 9.28. The molecule has 1 unspecified atom stereocenters. The highest BCUT2D eigenvalue weighted by Gasteiger charge is 2.49. The number of urea groups is 1. The fourth-order valence-corrected chi connectivity index (χ4v) is 6.85. The Morgan fingerprint density at radius 3 is 2.40 bits per heavy atom. The van der Waals surface area contributed by atoms with Crippen LogP contribution in [0.5, 0.6) is 0 Å². The molecule has 4 aromatic rings. The van der Waals surface area contributed by atoms with Crippen molar-refractivity contribution < 1.29 is 14.3 Å². The maximum Gasteiger partial charge on any atom is 0.321 e. The Bertz CT molecular complexity index is 1600. The predicted octanol–water partition coefficient (Wildman–Crippen LogP) is 5.92. The van der Waals surface area contributed by atoms with Crippen molar-refractivity contribution in [3.05, 3.63) is 96.3 Å². The highest BCUT2D eigenvalue weighted by molar-refractivity contribution is 6.01. The second kappa shape index (κ2) is 9.52. The van der Waals surface area contributed by atoms with Gasteiger partial charge in [-0.15, -0.1) is 0 Å². The number of likely N-dealkylation sites (tertiary alicyclic amines) is 2. The van der Waals surface area contributed by atoms with Gasteiger partial charge in [-0.2, -0.15) is 0 Å². The highest BCUT2D eigenvalue weighted by Crippen LogP contribution is 2.43. The molecular formula is C33H34N4O3. The smallest absolute Gasteiger partial charge is 0.321 e. The number of nitrogens with one attached hydrogen (secondary N) is 1. The fourth-order valence-electron chi connectivity index (χ4n) is 6.85. The molecule has 0 bridgehead atoms. The zero-order valence-corrected chi connectivity index (χ0v) is 22.8. The van der Waals surface area contributed by atoms with Gasteiger partial charge in [-0.1, -0.05) is 54.6 Å². The Labute approximate surface area is 234 Å². The number of piperidine rings is 1. The monoisotopic (exact) mass is 534 g/mol. The molecule has 3 aliphatic rings. The first-order valence-corrected chi connectivity index (χ1v) is 14.2. The molecule has 7 nitrogen and oxygen atoms in total. The van der Waals surface area contributed by atoms with Crippen molar-refractivity contribution in [1.29, 1.82) is 0 Å². The quantitative estimate of drug-likeness (QED) is 0.347. The average Bonchev–Trinajstić information content (AvgIpc) is 3.62. The van der Waals surface area contributed by atoms with Gasteiger partial charge in [0.25, 0.3) is 5.91 Å². The second-order valence-electron chi connectivity index (χ2n) is 11.6. The van der Waals surface area contributed by atoms with E-state index in [0.29, 0.717) is 32.8 Å².